The normalized spacial score (nSPS) is 14.9. The number of carbonyl (C=O) groups is 2. The van der Waals surface area contributed by atoms with Crippen molar-refractivity contribution in [1.29, 1.82) is 0 Å². The maximum absolute atomic E-state index is 12.5. The predicted molar refractivity (Wildman–Crippen MR) is 211 cm³/mol. The maximum atomic E-state index is 12.5. The van der Waals surface area contributed by atoms with Crippen LogP contribution in [0.15, 0.2) is 0 Å². The van der Waals surface area contributed by atoms with Crippen molar-refractivity contribution in [2.24, 2.45) is 21.7 Å². The Balaban J connectivity index is 4.77. The van der Waals surface area contributed by atoms with E-state index in [2.05, 4.69) is 141 Å². The second-order valence-corrected chi connectivity index (χ2v) is 22.3. The topological polar surface area (TPSA) is 68.3 Å². The van der Waals surface area contributed by atoms with E-state index in [9.17, 15) is 9.59 Å². The summed E-state index contributed by atoms with van der Waals surface area (Å²) >= 11 is 1.15. The van der Waals surface area contributed by atoms with E-state index in [0.29, 0.717) is 25.6 Å². The molecule has 8 heteroatoms. The molecule has 49 heavy (non-hydrogen) atoms. The molecular weight excluding hydrogens is 633 g/mol. The number of carbonyl (C=O) groups excluding carboxylic acids is 2. The minimum Gasteiger partial charge on any atom is -0.463 e. The standard InChI is InChI=1S/C41H82N2O5S/c1-32(27-42(38(11,12)13)20-21-43(39(14,15)16)40(17,18)19)47-22-23-48-33(44)26-34(45)49-25-24-46-31-41(28-35(2,3)4,29-36(5,6)7)30-37(8,9)10/h32H,20-31H2,1-19H3. The first-order chi connectivity index (χ1) is 21.7. The molecule has 0 amide bonds. The molecule has 0 saturated carbocycles. The van der Waals surface area contributed by atoms with Gasteiger partial charge in [0, 0.05) is 42.0 Å². The average Bonchev–Trinajstić information content (AvgIpc) is 2.80. The van der Waals surface area contributed by atoms with Crippen LogP contribution in [0.2, 0.25) is 0 Å². The average molecular weight is 715 g/mol. The van der Waals surface area contributed by atoms with Gasteiger partial charge in [0.1, 0.15) is 13.0 Å². The van der Waals surface area contributed by atoms with Crippen molar-refractivity contribution in [2.75, 3.05) is 51.8 Å². The maximum Gasteiger partial charge on any atom is 0.314 e. The zero-order chi connectivity index (χ0) is 38.7. The smallest absolute Gasteiger partial charge is 0.314 e. The van der Waals surface area contributed by atoms with E-state index in [0.717, 1.165) is 50.7 Å². The zero-order valence-corrected chi connectivity index (χ0v) is 36.7. The fourth-order valence-electron chi connectivity index (χ4n) is 7.80. The zero-order valence-electron chi connectivity index (χ0n) is 35.9. The largest absolute Gasteiger partial charge is 0.463 e. The summed E-state index contributed by atoms with van der Waals surface area (Å²) < 4.78 is 17.7. The summed E-state index contributed by atoms with van der Waals surface area (Å²) in [5.41, 5.74) is 0.723. The summed E-state index contributed by atoms with van der Waals surface area (Å²) in [5, 5.41) is -0.186. The van der Waals surface area contributed by atoms with Gasteiger partial charge in [0.25, 0.3) is 0 Å². The Kier molecular flexibility index (Phi) is 19.2. The molecule has 0 aliphatic heterocycles. The van der Waals surface area contributed by atoms with E-state index in [4.69, 9.17) is 14.2 Å². The number of thioether (sulfide) groups is 1. The number of hydrogen-bond acceptors (Lipinski definition) is 8. The molecule has 0 aromatic carbocycles. The number of hydrogen-bond donors (Lipinski definition) is 0. The van der Waals surface area contributed by atoms with Gasteiger partial charge < -0.3 is 14.2 Å². The van der Waals surface area contributed by atoms with E-state index < -0.39 is 5.97 Å². The van der Waals surface area contributed by atoms with Gasteiger partial charge in [0.05, 0.1) is 25.9 Å². The second kappa shape index (κ2) is 19.4. The van der Waals surface area contributed by atoms with Crippen LogP contribution in [0.1, 0.15) is 157 Å². The van der Waals surface area contributed by atoms with Crippen LogP contribution in [-0.4, -0.2) is 95.4 Å². The SMILES string of the molecule is CC(CN(CCN(C(C)(C)C)C(C)(C)C)C(C)(C)C)OCCOC(=O)CC(=O)SCCOCC(CC(C)(C)C)(CC(C)(C)C)CC(C)(C)C. The van der Waals surface area contributed by atoms with Gasteiger partial charge in [-0.15, -0.1) is 0 Å². The quantitative estimate of drug-likeness (QED) is 0.0744. The molecule has 0 radical (unpaired) electrons. The number of esters is 1. The van der Waals surface area contributed by atoms with Crippen molar-refractivity contribution in [3.63, 3.8) is 0 Å². The highest BCUT2D eigenvalue weighted by atomic mass is 32.2. The third kappa shape index (κ3) is 23.5. The lowest BCUT2D eigenvalue weighted by Crippen LogP contribution is -2.57. The van der Waals surface area contributed by atoms with Crippen molar-refractivity contribution in [2.45, 2.75) is 180 Å². The van der Waals surface area contributed by atoms with Gasteiger partial charge in [0.2, 0.25) is 0 Å². The van der Waals surface area contributed by atoms with Gasteiger partial charge in [-0.1, -0.05) is 74.1 Å². The van der Waals surface area contributed by atoms with Crippen molar-refractivity contribution >= 4 is 22.8 Å². The fraction of sp³-hybridized carbons (Fsp3) is 0.951. The van der Waals surface area contributed by atoms with Crippen LogP contribution in [0.5, 0.6) is 0 Å². The molecule has 0 aliphatic rings. The van der Waals surface area contributed by atoms with Gasteiger partial charge >= 0.3 is 5.97 Å². The lowest BCUT2D eigenvalue weighted by atomic mass is 9.61. The Hall–Kier alpha value is -0.670. The molecule has 0 aromatic rings. The Morgan fingerprint density at radius 1 is 0.633 bits per heavy atom. The number of ether oxygens (including phenoxy) is 3. The summed E-state index contributed by atoms with van der Waals surface area (Å²) in [4.78, 5) is 29.9. The van der Waals surface area contributed by atoms with Crippen molar-refractivity contribution in [1.82, 2.24) is 9.80 Å². The molecule has 7 nitrogen and oxygen atoms in total. The molecule has 0 rings (SSSR count). The van der Waals surface area contributed by atoms with Crippen LogP contribution in [0, 0.1) is 21.7 Å². The fourth-order valence-corrected chi connectivity index (χ4v) is 8.45. The Morgan fingerprint density at radius 2 is 1.10 bits per heavy atom. The first-order valence-electron chi connectivity index (χ1n) is 18.8. The summed E-state index contributed by atoms with van der Waals surface area (Å²) in [7, 11) is 0. The van der Waals surface area contributed by atoms with E-state index in [-0.39, 0.29) is 62.5 Å². The predicted octanol–water partition coefficient (Wildman–Crippen LogP) is 9.90. The van der Waals surface area contributed by atoms with Gasteiger partial charge in [0.15, 0.2) is 5.12 Å². The highest BCUT2D eigenvalue weighted by Gasteiger charge is 2.41. The van der Waals surface area contributed by atoms with Crippen molar-refractivity contribution in [3.8, 4) is 0 Å². The summed E-state index contributed by atoms with van der Waals surface area (Å²) in [6.45, 7) is 47.5. The molecule has 0 heterocycles. The first-order valence-corrected chi connectivity index (χ1v) is 19.8. The van der Waals surface area contributed by atoms with E-state index in [1.165, 1.54) is 0 Å². The number of rotatable bonds is 19. The highest BCUT2D eigenvalue weighted by molar-refractivity contribution is 8.13. The molecule has 0 N–H and O–H groups in total. The molecule has 0 fully saturated rings. The number of nitrogens with zero attached hydrogens (tertiary/aromatic N) is 2. The van der Waals surface area contributed by atoms with Crippen LogP contribution in [-0.2, 0) is 23.8 Å². The first kappa shape index (κ1) is 48.3. The summed E-state index contributed by atoms with van der Waals surface area (Å²) in [5.74, 6) is 0.0201. The van der Waals surface area contributed by atoms with Gasteiger partial charge in [-0.3, -0.25) is 19.4 Å². The molecule has 1 unspecified atom stereocenters. The molecule has 1 atom stereocenters. The van der Waals surface area contributed by atoms with Crippen LogP contribution in [0.4, 0.5) is 0 Å². The van der Waals surface area contributed by atoms with Crippen molar-refractivity contribution in [3.05, 3.63) is 0 Å². The molecule has 0 saturated heterocycles. The van der Waals surface area contributed by atoms with Crippen molar-refractivity contribution < 1.29 is 23.8 Å². The minimum atomic E-state index is -0.505. The minimum absolute atomic E-state index is 0.0109. The van der Waals surface area contributed by atoms with Gasteiger partial charge in [-0.25, -0.2) is 0 Å². The highest BCUT2D eigenvalue weighted by Crippen LogP contribution is 2.49. The summed E-state index contributed by atoms with van der Waals surface area (Å²) in [6.07, 6.45) is 2.98. The molecule has 0 spiro atoms. The Morgan fingerprint density at radius 3 is 1.51 bits per heavy atom. The lowest BCUT2D eigenvalue weighted by molar-refractivity contribution is -0.147. The Bertz CT molecular complexity index is 916. The van der Waals surface area contributed by atoms with Crippen LogP contribution < -0.4 is 0 Å². The molecule has 0 aromatic heterocycles. The van der Waals surface area contributed by atoms with Crippen LogP contribution >= 0.6 is 11.8 Å². The molecular formula is C41H82N2O5S. The summed E-state index contributed by atoms with van der Waals surface area (Å²) in [6, 6.07) is 0. The molecule has 0 bridgehead atoms. The molecule has 0 aliphatic carbocycles. The van der Waals surface area contributed by atoms with Gasteiger partial charge in [-0.05, 0) is 110 Å². The third-order valence-corrected chi connectivity index (χ3v) is 9.13. The van der Waals surface area contributed by atoms with Crippen LogP contribution in [0.25, 0.3) is 0 Å². The third-order valence-electron chi connectivity index (χ3n) is 8.29. The Labute approximate surface area is 309 Å². The van der Waals surface area contributed by atoms with Crippen LogP contribution in [0.3, 0.4) is 0 Å². The van der Waals surface area contributed by atoms with Gasteiger partial charge in [-0.2, -0.15) is 0 Å². The van der Waals surface area contributed by atoms with E-state index >= 15 is 0 Å². The molecule has 292 valence electrons. The van der Waals surface area contributed by atoms with E-state index in [1.807, 2.05) is 0 Å². The second-order valence-electron chi connectivity index (χ2n) is 21.2. The van der Waals surface area contributed by atoms with E-state index in [1.54, 1.807) is 0 Å². The lowest BCUT2D eigenvalue weighted by Gasteiger charge is -2.47. The monoisotopic (exact) mass is 715 g/mol.